The van der Waals surface area contributed by atoms with Crippen LogP contribution in [0.1, 0.15) is 54.7 Å². The van der Waals surface area contributed by atoms with Gasteiger partial charge in [0.05, 0.1) is 10.5 Å². The summed E-state index contributed by atoms with van der Waals surface area (Å²) in [6.07, 6.45) is 2.00. The standard InChI is InChI=1S/C22H24N2O4S/c1-13-11-22(2,3)12-19-20(13)17-10-16(8-9-18(17)23-19)29(27,28)24-15-6-4-14(5-7-15)21(25)26/h4-10,13,23-24H,11-12H2,1-3H3,(H,25,26). The van der Waals surface area contributed by atoms with E-state index in [9.17, 15) is 13.2 Å². The number of hydrogen-bond acceptors (Lipinski definition) is 3. The largest absolute Gasteiger partial charge is 0.478 e. The number of aromatic carboxylic acids is 1. The highest BCUT2D eigenvalue weighted by atomic mass is 32.2. The van der Waals surface area contributed by atoms with E-state index in [1.165, 1.54) is 35.5 Å². The van der Waals surface area contributed by atoms with Crippen molar-refractivity contribution >= 4 is 32.6 Å². The normalized spacial score (nSPS) is 18.4. The highest BCUT2D eigenvalue weighted by Crippen LogP contribution is 2.44. The van der Waals surface area contributed by atoms with Gasteiger partial charge in [0.1, 0.15) is 0 Å². The second kappa shape index (κ2) is 6.62. The van der Waals surface area contributed by atoms with E-state index in [0.717, 1.165) is 23.7 Å². The Hall–Kier alpha value is -2.80. The summed E-state index contributed by atoms with van der Waals surface area (Å²) in [6.45, 7) is 6.71. The van der Waals surface area contributed by atoms with Gasteiger partial charge in [-0.2, -0.15) is 0 Å². The van der Waals surface area contributed by atoms with Crippen molar-refractivity contribution in [2.75, 3.05) is 4.72 Å². The molecule has 0 bridgehead atoms. The summed E-state index contributed by atoms with van der Waals surface area (Å²) in [7, 11) is -3.79. The van der Waals surface area contributed by atoms with Crippen LogP contribution in [0.2, 0.25) is 0 Å². The molecule has 1 aliphatic carbocycles. The van der Waals surface area contributed by atoms with E-state index < -0.39 is 16.0 Å². The Kier molecular flexibility index (Phi) is 4.46. The average Bonchev–Trinajstić information content (AvgIpc) is 2.97. The molecule has 29 heavy (non-hydrogen) atoms. The summed E-state index contributed by atoms with van der Waals surface area (Å²) >= 11 is 0. The molecule has 2 aromatic carbocycles. The lowest BCUT2D eigenvalue weighted by Gasteiger charge is -2.33. The molecule has 0 fully saturated rings. The number of benzene rings is 2. The molecule has 0 saturated heterocycles. The van der Waals surface area contributed by atoms with Gasteiger partial charge in [0.25, 0.3) is 10.0 Å². The van der Waals surface area contributed by atoms with Crippen molar-refractivity contribution in [3.05, 3.63) is 59.3 Å². The minimum Gasteiger partial charge on any atom is -0.478 e. The second-order valence-electron chi connectivity index (χ2n) is 8.66. The summed E-state index contributed by atoms with van der Waals surface area (Å²) in [5.41, 5.74) is 3.99. The number of sulfonamides is 1. The summed E-state index contributed by atoms with van der Waals surface area (Å²) in [5, 5.41) is 9.93. The molecule has 4 rings (SSSR count). The van der Waals surface area contributed by atoms with Gasteiger partial charge in [0.2, 0.25) is 0 Å². The van der Waals surface area contributed by atoms with Crippen molar-refractivity contribution in [3.8, 4) is 0 Å². The average molecular weight is 413 g/mol. The van der Waals surface area contributed by atoms with Crippen molar-refractivity contribution in [3.63, 3.8) is 0 Å². The predicted octanol–water partition coefficient (Wildman–Crippen LogP) is 4.74. The van der Waals surface area contributed by atoms with Crippen LogP contribution in [0, 0.1) is 5.41 Å². The zero-order valence-corrected chi connectivity index (χ0v) is 17.4. The molecule has 0 spiro atoms. The minimum atomic E-state index is -3.79. The van der Waals surface area contributed by atoms with Gasteiger partial charge in [-0.05, 0) is 72.2 Å². The van der Waals surface area contributed by atoms with E-state index in [-0.39, 0.29) is 15.9 Å². The van der Waals surface area contributed by atoms with Crippen molar-refractivity contribution in [1.29, 1.82) is 0 Å². The predicted molar refractivity (Wildman–Crippen MR) is 113 cm³/mol. The van der Waals surface area contributed by atoms with E-state index >= 15 is 0 Å². The van der Waals surface area contributed by atoms with Gasteiger partial charge < -0.3 is 10.1 Å². The van der Waals surface area contributed by atoms with Crippen LogP contribution in [-0.4, -0.2) is 24.5 Å². The van der Waals surface area contributed by atoms with Crippen LogP contribution < -0.4 is 4.72 Å². The molecule has 3 N–H and O–H groups in total. The third-order valence-corrected chi connectivity index (χ3v) is 6.97. The summed E-state index contributed by atoms with van der Waals surface area (Å²) in [5.74, 6) is -0.712. The third kappa shape index (κ3) is 3.62. The van der Waals surface area contributed by atoms with Crippen LogP contribution in [0.15, 0.2) is 47.4 Å². The number of anilines is 1. The van der Waals surface area contributed by atoms with E-state index in [1.807, 2.05) is 6.07 Å². The SMILES string of the molecule is CC1CC(C)(C)Cc2[nH]c3ccc(S(=O)(=O)Nc4ccc(C(=O)O)cc4)cc3c21. The molecule has 0 aliphatic heterocycles. The highest BCUT2D eigenvalue weighted by molar-refractivity contribution is 7.92. The quantitative estimate of drug-likeness (QED) is 0.576. The van der Waals surface area contributed by atoms with E-state index in [0.29, 0.717) is 11.6 Å². The fraction of sp³-hybridized carbons (Fsp3) is 0.318. The number of nitrogens with one attached hydrogen (secondary N) is 2. The molecule has 0 saturated carbocycles. The van der Waals surface area contributed by atoms with E-state index in [2.05, 4.69) is 30.5 Å². The molecule has 0 radical (unpaired) electrons. The maximum Gasteiger partial charge on any atom is 0.335 e. The van der Waals surface area contributed by atoms with Gasteiger partial charge in [0.15, 0.2) is 0 Å². The lowest BCUT2D eigenvalue weighted by molar-refractivity contribution is 0.0697. The number of aromatic nitrogens is 1. The van der Waals surface area contributed by atoms with Gasteiger partial charge in [-0.1, -0.05) is 20.8 Å². The van der Waals surface area contributed by atoms with Crippen LogP contribution in [0.3, 0.4) is 0 Å². The molecule has 1 aromatic heterocycles. The van der Waals surface area contributed by atoms with Crippen molar-refractivity contribution in [2.24, 2.45) is 5.41 Å². The minimum absolute atomic E-state index is 0.102. The number of carboxylic acid groups (broad SMARTS) is 1. The first-order chi connectivity index (χ1) is 13.6. The van der Waals surface area contributed by atoms with Crippen LogP contribution in [-0.2, 0) is 16.4 Å². The molecular weight excluding hydrogens is 388 g/mol. The van der Waals surface area contributed by atoms with Crippen LogP contribution in [0.4, 0.5) is 5.69 Å². The lowest BCUT2D eigenvalue weighted by atomic mass is 9.71. The number of carboxylic acids is 1. The van der Waals surface area contributed by atoms with E-state index in [4.69, 9.17) is 5.11 Å². The zero-order valence-electron chi connectivity index (χ0n) is 16.6. The third-order valence-electron chi connectivity index (χ3n) is 5.59. The van der Waals surface area contributed by atoms with Gasteiger partial charge in [-0.3, -0.25) is 4.72 Å². The molecule has 7 heteroatoms. The number of rotatable bonds is 4. The Morgan fingerprint density at radius 2 is 1.86 bits per heavy atom. The van der Waals surface area contributed by atoms with Gasteiger partial charge >= 0.3 is 5.97 Å². The number of aromatic amines is 1. The summed E-state index contributed by atoms with van der Waals surface area (Å²) < 4.78 is 28.3. The fourth-order valence-electron chi connectivity index (χ4n) is 4.49. The lowest BCUT2D eigenvalue weighted by Crippen LogP contribution is -2.24. The highest BCUT2D eigenvalue weighted by Gasteiger charge is 2.32. The Morgan fingerprint density at radius 3 is 2.52 bits per heavy atom. The molecular formula is C22H24N2O4S. The fourth-order valence-corrected chi connectivity index (χ4v) is 5.58. The molecule has 6 nitrogen and oxygen atoms in total. The smallest absolute Gasteiger partial charge is 0.335 e. The monoisotopic (exact) mass is 412 g/mol. The number of H-pyrrole nitrogens is 1. The summed E-state index contributed by atoms with van der Waals surface area (Å²) in [4.78, 5) is 14.6. The van der Waals surface area contributed by atoms with Gasteiger partial charge in [0, 0.05) is 22.3 Å². The zero-order chi connectivity index (χ0) is 21.0. The first-order valence-corrected chi connectivity index (χ1v) is 11.0. The molecule has 1 unspecified atom stereocenters. The van der Waals surface area contributed by atoms with Crippen molar-refractivity contribution < 1.29 is 18.3 Å². The van der Waals surface area contributed by atoms with Crippen LogP contribution >= 0.6 is 0 Å². The number of hydrogen-bond donors (Lipinski definition) is 3. The summed E-state index contributed by atoms with van der Waals surface area (Å²) in [6, 6.07) is 10.8. The van der Waals surface area contributed by atoms with E-state index in [1.54, 1.807) is 12.1 Å². The number of fused-ring (bicyclic) bond motifs is 3. The molecule has 3 aromatic rings. The topological polar surface area (TPSA) is 99.3 Å². The van der Waals surface area contributed by atoms with Crippen molar-refractivity contribution in [1.82, 2.24) is 4.98 Å². The Labute approximate surface area is 170 Å². The first-order valence-electron chi connectivity index (χ1n) is 9.56. The van der Waals surface area contributed by atoms with Gasteiger partial charge in [-0.25, -0.2) is 13.2 Å². The molecule has 1 atom stereocenters. The molecule has 1 aliphatic rings. The maximum absolute atomic E-state index is 12.9. The van der Waals surface area contributed by atoms with Crippen LogP contribution in [0.5, 0.6) is 0 Å². The van der Waals surface area contributed by atoms with Gasteiger partial charge in [-0.15, -0.1) is 0 Å². The second-order valence-corrected chi connectivity index (χ2v) is 10.3. The molecule has 0 amide bonds. The molecule has 152 valence electrons. The first kappa shape index (κ1) is 19.5. The van der Waals surface area contributed by atoms with Crippen LogP contribution in [0.25, 0.3) is 10.9 Å². The Bertz CT molecular complexity index is 1210. The Morgan fingerprint density at radius 1 is 1.17 bits per heavy atom. The van der Waals surface area contributed by atoms with Crippen molar-refractivity contribution in [2.45, 2.75) is 44.4 Å². The maximum atomic E-state index is 12.9. The molecule has 1 heterocycles. The number of carbonyl (C=O) groups is 1. The Balaban J connectivity index is 1.70.